The first-order valence-corrected chi connectivity index (χ1v) is 9.06. The maximum atomic E-state index is 5.79. The van der Waals surface area contributed by atoms with Gasteiger partial charge < -0.3 is 15.4 Å². The van der Waals surface area contributed by atoms with Gasteiger partial charge >= 0.3 is 0 Å². The topological polar surface area (TPSA) is 33.3 Å². The summed E-state index contributed by atoms with van der Waals surface area (Å²) in [7, 11) is 0. The fraction of sp³-hybridized carbons (Fsp3) is 0.136. The summed E-state index contributed by atoms with van der Waals surface area (Å²) < 4.78 is 5.79. The first-order chi connectivity index (χ1) is 12.8. The Labute approximate surface area is 160 Å². The van der Waals surface area contributed by atoms with Crippen LogP contribution in [-0.2, 0) is 13.0 Å². The molecule has 0 atom stereocenters. The zero-order chi connectivity index (χ0) is 18.0. The van der Waals surface area contributed by atoms with Gasteiger partial charge in [0, 0.05) is 12.2 Å². The van der Waals surface area contributed by atoms with E-state index in [0.717, 1.165) is 30.0 Å². The lowest BCUT2D eigenvalue weighted by molar-refractivity contribution is 0.306. The summed E-state index contributed by atoms with van der Waals surface area (Å²) in [4.78, 5) is 0. The van der Waals surface area contributed by atoms with Crippen LogP contribution in [0.25, 0.3) is 0 Å². The molecule has 0 bridgehead atoms. The summed E-state index contributed by atoms with van der Waals surface area (Å²) in [5, 5.41) is 7.05. The number of nitrogens with one attached hydrogen (secondary N) is 2. The summed E-state index contributed by atoms with van der Waals surface area (Å²) >= 11 is 5.35. The minimum atomic E-state index is 0.563. The van der Waals surface area contributed by atoms with Gasteiger partial charge in [0.25, 0.3) is 0 Å². The van der Waals surface area contributed by atoms with Gasteiger partial charge in [0.1, 0.15) is 12.4 Å². The van der Waals surface area contributed by atoms with Crippen LogP contribution in [0.3, 0.4) is 0 Å². The molecular formula is C22H22N2OS. The van der Waals surface area contributed by atoms with E-state index in [9.17, 15) is 0 Å². The van der Waals surface area contributed by atoms with E-state index < -0.39 is 0 Å². The van der Waals surface area contributed by atoms with E-state index in [2.05, 4.69) is 34.9 Å². The van der Waals surface area contributed by atoms with Gasteiger partial charge in [-0.1, -0.05) is 60.7 Å². The molecule has 2 N–H and O–H groups in total. The number of hydrogen-bond donors (Lipinski definition) is 2. The number of benzene rings is 3. The molecule has 0 heterocycles. The normalized spacial score (nSPS) is 10.2. The quantitative estimate of drug-likeness (QED) is 0.592. The summed E-state index contributed by atoms with van der Waals surface area (Å²) in [6.07, 6.45) is 0.939. The van der Waals surface area contributed by atoms with Crippen molar-refractivity contribution in [2.45, 2.75) is 13.0 Å². The minimum Gasteiger partial charge on any atom is -0.489 e. The lowest BCUT2D eigenvalue weighted by atomic mass is 10.1. The van der Waals surface area contributed by atoms with Crippen molar-refractivity contribution in [1.82, 2.24) is 5.32 Å². The molecule has 0 fully saturated rings. The molecule has 0 aliphatic heterocycles. The first kappa shape index (κ1) is 18.0. The molecule has 26 heavy (non-hydrogen) atoms. The van der Waals surface area contributed by atoms with Crippen LogP contribution in [0.1, 0.15) is 11.1 Å². The van der Waals surface area contributed by atoms with Crippen LogP contribution < -0.4 is 15.4 Å². The van der Waals surface area contributed by atoms with E-state index in [1.54, 1.807) is 0 Å². The number of thiocarbonyl (C=S) groups is 1. The van der Waals surface area contributed by atoms with Gasteiger partial charge in [-0.05, 0) is 54.0 Å². The fourth-order valence-electron chi connectivity index (χ4n) is 2.52. The third kappa shape index (κ3) is 5.90. The molecule has 3 aromatic carbocycles. The van der Waals surface area contributed by atoms with Gasteiger partial charge in [-0.3, -0.25) is 0 Å². The van der Waals surface area contributed by atoms with Crippen LogP contribution in [-0.4, -0.2) is 11.7 Å². The van der Waals surface area contributed by atoms with Gasteiger partial charge in [0.05, 0.1) is 0 Å². The highest BCUT2D eigenvalue weighted by Gasteiger charge is 2.00. The second kappa shape index (κ2) is 9.59. The average Bonchev–Trinajstić information content (AvgIpc) is 2.69. The Morgan fingerprint density at radius 1 is 0.769 bits per heavy atom. The summed E-state index contributed by atoms with van der Waals surface area (Å²) in [6, 6.07) is 28.3. The van der Waals surface area contributed by atoms with Crippen LogP contribution >= 0.6 is 12.2 Å². The molecule has 3 nitrogen and oxygen atoms in total. The van der Waals surface area contributed by atoms with Crippen molar-refractivity contribution in [3.05, 3.63) is 96.1 Å². The highest BCUT2D eigenvalue weighted by molar-refractivity contribution is 7.80. The van der Waals surface area contributed by atoms with Gasteiger partial charge in [0.2, 0.25) is 0 Å². The van der Waals surface area contributed by atoms with E-state index in [-0.39, 0.29) is 0 Å². The third-order valence-corrected chi connectivity index (χ3v) is 4.15. The Hall–Kier alpha value is -2.85. The predicted molar refractivity (Wildman–Crippen MR) is 112 cm³/mol. The summed E-state index contributed by atoms with van der Waals surface area (Å²) in [6.45, 7) is 1.36. The van der Waals surface area contributed by atoms with Crippen molar-refractivity contribution >= 4 is 23.0 Å². The lowest BCUT2D eigenvalue weighted by Gasteiger charge is -2.11. The van der Waals surface area contributed by atoms with E-state index in [1.165, 1.54) is 5.56 Å². The average molecular weight is 362 g/mol. The van der Waals surface area contributed by atoms with E-state index >= 15 is 0 Å². The maximum Gasteiger partial charge on any atom is 0.170 e. The van der Waals surface area contributed by atoms with Crippen LogP contribution in [0.5, 0.6) is 5.75 Å². The monoisotopic (exact) mass is 362 g/mol. The number of ether oxygens (including phenoxy) is 1. The van der Waals surface area contributed by atoms with Crippen molar-refractivity contribution in [2.75, 3.05) is 11.9 Å². The molecule has 0 aromatic heterocycles. The number of hydrogen-bond acceptors (Lipinski definition) is 2. The van der Waals surface area contributed by atoms with Gasteiger partial charge in [-0.2, -0.15) is 0 Å². The maximum absolute atomic E-state index is 5.79. The standard InChI is InChI=1S/C22H22N2OS/c26-22(23-16-15-18-7-3-1-4-8-18)24-20-11-13-21(14-12-20)25-17-19-9-5-2-6-10-19/h1-14H,15-17H2,(H2,23,24,26). The molecule has 0 aliphatic carbocycles. The summed E-state index contributed by atoms with van der Waals surface area (Å²) in [5.41, 5.74) is 3.38. The molecule has 0 saturated carbocycles. The van der Waals surface area contributed by atoms with Gasteiger partial charge in [-0.15, -0.1) is 0 Å². The van der Waals surface area contributed by atoms with Crippen molar-refractivity contribution in [3.8, 4) is 5.75 Å². The van der Waals surface area contributed by atoms with Crippen molar-refractivity contribution in [1.29, 1.82) is 0 Å². The SMILES string of the molecule is S=C(NCCc1ccccc1)Nc1ccc(OCc2ccccc2)cc1. The Bertz CT molecular complexity index is 805. The molecular weight excluding hydrogens is 340 g/mol. The Morgan fingerprint density at radius 2 is 1.38 bits per heavy atom. The molecule has 3 aromatic rings. The first-order valence-electron chi connectivity index (χ1n) is 8.65. The lowest BCUT2D eigenvalue weighted by Crippen LogP contribution is -2.30. The largest absolute Gasteiger partial charge is 0.489 e. The minimum absolute atomic E-state index is 0.563. The van der Waals surface area contributed by atoms with E-state index in [0.29, 0.717) is 11.7 Å². The van der Waals surface area contributed by atoms with Crippen LogP contribution in [0.2, 0.25) is 0 Å². The van der Waals surface area contributed by atoms with Crippen LogP contribution in [0, 0.1) is 0 Å². The molecule has 0 unspecified atom stereocenters. The molecule has 0 spiro atoms. The molecule has 0 radical (unpaired) electrons. The van der Waals surface area contributed by atoms with Crippen molar-refractivity contribution in [3.63, 3.8) is 0 Å². The Kier molecular flexibility index (Phi) is 6.62. The zero-order valence-corrected chi connectivity index (χ0v) is 15.3. The smallest absolute Gasteiger partial charge is 0.170 e. The highest BCUT2D eigenvalue weighted by atomic mass is 32.1. The van der Waals surface area contributed by atoms with Crippen LogP contribution in [0.4, 0.5) is 5.69 Å². The van der Waals surface area contributed by atoms with E-state index in [4.69, 9.17) is 17.0 Å². The Morgan fingerprint density at radius 3 is 2.04 bits per heavy atom. The molecule has 0 saturated heterocycles. The predicted octanol–water partition coefficient (Wildman–Crippen LogP) is 4.79. The molecule has 0 aliphatic rings. The Balaban J connectivity index is 1.41. The fourth-order valence-corrected chi connectivity index (χ4v) is 2.74. The van der Waals surface area contributed by atoms with Crippen molar-refractivity contribution < 1.29 is 4.74 Å². The summed E-state index contributed by atoms with van der Waals surface area (Å²) in [5.74, 6) is 0.836. The van der Waals surface area contributed by atoms with Crippen molar-refractivity contribution in [2.24, 2.45) is 0 Å². The van der Waals surface area contributed by atoms with Gasteiger partial charge in [-0.25, -0.2) is 0 Å². The second-order valence-corrected chi connectivity index (χ2v) is 6.32. The van der Waals surface area contributed by atoms with E-state index in [1.807, 2.05) is 60.7 Å². The number of rotatable bonds is 7. The van der Waals surface area contributed by atoms with Crippen LogP contribution in [0.15, 0.2) is 84.9 Å². The van der Waals surface area contributed by atoms with Gasteiger partial charge in [0.15, 0.2) is 5.11 Å². The number of anilines is 1. The molecule has 4 heteroatoms. The highest BCUT2D eigenvalue weighted by Crippen LogP contribution is 2.17. The third-order valence-electron chi connectivity index (χ3n) is 3.90. The molecule has 132 valence electrons. The zero-order valence-electron chi connectivity index (χ0n) is 14.5. The molecule has 0 amide bonds. The second-order valence-electron chi connectivity index (χ2n) is 5.92. The molecule has 3 rings (SSSR count).